The number of aliphatic hydroxyl groups excluding tert-OH is 1. The molecule has 1 aromatic rings. The van der Waals surface area contributed by atoms with E-state index >= 15 is 0 Å². The van der Waals surface area contributed by atoms with Crippen LogP contribution >= 0.6 is 0 Å². The van der Waals surface area contributed by atoms with Crippen molar-refractivity contribution in [2.75, 3.05) is 18.9 Å². The highest BCUT2D eigenvalue weighted by atomic mass is 16.3. The number of rotatable bonds is 3. The number of nitrogens with zero attached hydrogens (tertiary/aromatic N) is 3. The Balaban J connectivity index is 1.87. The Bertz CT molecular complexity index is 418. The van der Waals surface area contributed by atoms with Crippen LogP contribution in [0.25, 0.3) is 0 Å². The summed E-state index contributed by atoms with van der Waals surface area (Å²) in [6.45, 7) is 0.588. The highest BCUT2D eigenvalue weighted by Crippen LogP contribution is 2.26. The van der Waals surface area contributed by atoms with Crippen LogP contribution in [0.2, 0.25) is 0 Å². The zero-order valence-electron chi connectivity index (χ0n) is 10.8. The lowest BCUT2D eigenvalue weighted by molar-refractivity contribution is 0.116. The number of amides is 2. The Hall–Kier alpha value is -1.56. The number of hydrogen-bond donors (Lipinski definition) is 2. The van der Waals surface area contributed by atoms with E-state index in [2.05, 4.69) is 10.4 Å². The van der Waals surface area contributed by atoms with Gasteiger partial charge in [-0.05, 0) is 12.8 Å². The van der Waals surface area contributed by atoms with Crippen LogP contribution in [-0.2, 0) is 7.05 Å². The number of anilines is 1. The van der Waals surface area contributed by atoms with Gasteiger partial charge >= 0.3 is 6.03 Å². The van der Waals surface area contributed by atoms with E-state index in [0.717, 1.165) is 19.3 Å². The normalized spacial score (nSPS) is 23.1. The smallest absolute Gasteiger partial charge is 0.322 e. The fraction of sp³-hybridized carbons (Fsp3) is 0.667. The van der Waals surface area contributed by atoms with E-state index in [9.17, 15) is 9.90 Å². The number of aryl methyl sites for hydroxylation is 1. The molecular weight excluding hydrogens is 232 g/mol. The van der Waals surface area contributed by atoms with E-state index in [1.54, 1.807) is 35.9 Å². The molecule has 1 aromatic heterocycles. The SMILES string of the molecule is CN(C[C@H]1CCC[C@@H]1O)C(=O)Nc1ccnn1C. The summed E-state index contributed by atoms with van der Waals surface area (Å²) in [5.41, 5.74) is 0. The van der Waals surface area contributed by atoms with E-state index in [1.807, 2.05) is 0 Å². The first-order valence-corrected chi connectivity index (χ1v) is 6.26. The number of carbonyl (C=O) groups is 1. The van der Waals surface area contributed by atoms with Crippen LogP contribution in [0.4, 0.5) is 10.6 Å². The molecule has 0 saturated heterocycles. The molecule has 2 rings (SSSR count). The topological polar surface area (TPSA) is 70.4 Å². The van der Waals surface area contributed by atoms with Crippen molar-refractivity contribution in [3.8, 4) is 0 Å². The van der Waals surface area contributed by atoms with Crippen LogP contribution in [0.3, 0.4) is 0 Å². The van der Waals surface area contributed by atoms with Gasteiger partial charge < -0.3 is 10.0 Å². The molecular formula is C12H20N4O2. The maximum Gasteiger partial charge on any atom is 0.322 e. The minimum absolute atomic E-state index is 0.169. The number of aromatic nitrogens is 2. The van der Waals surface area contributed by atoms with Gasteiger partial charge in [-0.3, -0.25) is 10.00 Å². The Morgan fingerprint density at radius 1 is 1.67 bits per heavy atom. The van der Waals surface area contributed by atoms with E-state index in [1.165, 1.54) is 0 Å². The maximum absolute atomic E-state index is 11.9. The zero-order valence-corrected chi connectivity index (χ0v) is 10.8. The Morgan fingerprint density at radius 3 is 3.00 bits per heavy atom. The molecule has 1 heterocycles. The average Bonchev–Trinajstić information content (AvgIpc) is 2.90. The highest BCUT2D eigenvalue weighted by Gasteiger charge is 2.27. The van der Waals surface area contributed by atoms with E-state index in [-0.39, 0.29) is 18.1 Å². The molecule has 1 aliphatic rings. The van der Waals surface area contributed by atoms with Crippen molar-refractivity contribution in [2.24, 2.45) is 13.0 Å². The van der Waals surface area contributed by atoms with Crippen molar-refractivity contribution >= 4 is 11.8 Å². The van der Waals surface area contributed by atoms with E-state index < -0.39 is 0 Å². The summed E-state index contributed by atoms with van der Waals surface area (Å²) >= 11 is 0. The lowest BCUT2D eigenvalue weighted by Crippen LogP contribution is -2.37. The second-order valence-corrected chi connectivity index (χ2v) is 4.91. The molecule has 0 aromatic carbocycles. The minimum Gasteiger partial charge on any atom is -0.393 e. The van der Waals surface area contributed by atoms with Crippen molar-refractivity contribution in [3.63, 3.8) is 0 Å². The van der Waals surface area contributed by atoms with Crippen molar-refractivity contribution < 1.29 is 9.90 Å². The molecule has 0 bridgehead atoms. The number of urea groups is 1. The molecule has 6 nitrogen and oxygen atoms in total. The molecule has 2 amide bonds. The van der Waals surface area contributed by atoms with Gasteiger partial charge in [-0.1, -0.05) is 6.42 Å². The average molecular weight is 252 g/mol. The van der Waals surface area contributed by atoms with E-state index in [4.69, 9.17) is 0 Å². The monoisotopic (exact) mass is 252 g/mol. The lowest BCUT2D eigenvalue weighted by atomic mass is 10.1. The van der Waals surface area contributed by atoms with Crippen LogP contribution in [0.15, 0.2) is 12.3 Å². The molecule has 2 N–H and O–H groups in total. The van der Waals surface area contributed by atoms with Gasteiger partial charge in [0.1, 0.15) is 5.82 Å². The third kappa shape index (κ3) is 2.81. The molecule has 0 spiro atoms. The van der Waals surface area contributed by atoms with Crippen LogP contribution in [0.5, 0.6) is 0 Å². The van der Waals surface area contributed by atoms with Gasteiger partial charge in [0.05, 0.1) is 12.3 Å². The number of hydrogen-bond acceptors (Lipinski definition) is 3. The molecule has 1 fully saturated rings. The number of nitrogens with one attached hydrogen (secondary N) is 1. The molecule has 18 heavy (non-hydrogen) atoms. The van der Waals surface area contributed by atoms with Gasteiger partial charge in [0.25, 0.3) is 0 Å². The molecule has 1 saturated carbocycles. The fourth-order valence-corrected chi connectivity index (χ4v) is 2.37. The first-order valence-electron chi connectivity index (χ1n) is 6.26. The molecule has 0 aliphatic heterocycles. The first kappa shape index (κ1) is 12.9. The summed E-state index contributed by atoms with van der Waals surface area (Å²) in [7, 11) is 3.52. The van der Waals surface area contributed by atoms with E-state index in [0.29, 0.717) is 12.4 Å². The van der Waals surface area contributed by atoms with Crippen LogP contribution in [-0.4, -0.2) is 45.5 Å². The minimum atomic E-state index is -0.267. The largest absolute Gasteiger partial charge is 0.393 e. The van der Waals surface area contributed by atoms with Gasteiger partial charge in [0.2, 0.25) is 0 Å². The van der Waals surface area contributed by atoms with Gasteiger partial charge in [-0.2, -0.15) is 5.10 Å². The summed E-state index contributed by atoms with van der Waals surface area (Å²) in [6, 6.07) is 1.58. The quantitative estimate of drug-likeness (QED) is 0.844. The first-order chi connectivity index (χ1) is 8.58. The predicted molar refractivity (Wildman–Crippen MR) is 68.2 cm³/mol. The number of aliphatic hydroxyl groups is 1. The van der Waals surface area contributed by atoms with Crippen molar-refractivity contribution in [1.29, 1.82) is 0 Å². The maximum atomic E-state index is 11.9. The summed E-state index contributed by atoms with van der Waals surface area (Å²) in [5, 5.41) is 16.5. The summed E-state index contributed by atoms with van der Waals surface area (Å²) in [5.74, 6) is 0.867. The second-order valence-electron chi connectivity index (χ2n) is 4.91. The second kappa shape index (κ2) is 5.39. The van der Waals surface area contributed by atoms with Crippen LogP contribution in [0, 0.1) is 5.92 Å². The Morgan fingerprint density at radius 2 is 2.44 bits per heavy atom. The van der Waals surface area contributed by atoms with Crippen LogP contribution in [0.1, 0.15) is 19.3 Å². The van der Waals surface area contributed by atoms with Crippen molar-refractivity contribution in [2.45, 2.75) is 25.4 Å². The van der Waals surface area contributed by atoms with Gasteiger partial charge in [-0.25, -0.2) is 4.79 Å². The molecule has 0 unspecified atom stereocenters. The number of carbonyl (C=O) groups excluding carboxylic acids is 1. The molecule has 2 atom stereocenters. The van der Waals surface area contributed by atoms with Crippen molar-refractivity contribution in [3.05, 3.63) is 12.3 Å². The highest BCUT2D eigenvalue weighted by molar-refractivity contribution is 5.88. The fourth-order valence-electron chi connectivity index (χ4n) is 2.37. The lowest BCUT2D eigenvalue weighted by Gasteiger charge is -2.23. The van der Waals surface area contributed by atoms with Crippen LogP contribution < -0.4 is 5.32 Å². The Labute approximate surface area is 107 Å². The van der Waals surface area contributed by atoms with Gasteiger partial charge in [0, 0.05) is 32.6 Å². The summed E-state index contributed by atoms with van der Waals surface area (Å²) in [4.78, 5) is 13.6. The third-order valence-electron chi connectivity index (χ3n) is 3.53. The summed E-state index contributed by atoms with van der Waals surface area (Å²) < 4.78 is 1.61. The Kier molecular flexibility index (Phi) is 3.86. The molecule has 1 aliphatic carbocycles. The predicted octanol–water partition coefficient (Wildman–Crippen LogP) is 1.04. The third-order valence-corrected chi connectivity index (χ3v) is 3.53. The zero-order chi connectivity index (χ0) is 13.1. The summed E-state index contributed by atoms with van der Waals surface area (Å²) in [6.07, 6.45) is 4.25. The standard InChI is InChI=1S/C12H20N4O2/c1-15(8-9-4-3-5-10(9)17)12(18)14-11-6-7-13-16(11)2/h6-7,9-10,17H,3-5,8H2,1-2H3,(H,14,18)/t9-,10+/m1/s1. The molecule has 6 heteroatoms. The van der Waals surface area contributed by atoms with Gasteiger partial charge in [-0.15, -0.1) is 0 Å². The molecule has 0 radical (unpaired) electrons. The molecule has 100 valence electrons. The van der Waals surface area contributed by atoms with Gasteiger partial charge in [0.15, 0.2) is 0 Å². The van der Waals surface area contributed by atoms with Crippen molar-refractivity contribution in [1.82, 2.24) is 14.7 Å².